The molecule has 128 valence electrons. The predicted molar refractivity (Wildman–Crippen MR) is 93.9 cm³/mol. The SMILES string of the molecule is COc1ccc(C)cc1NC(=O)c1ccc(N2C(=O)CCC2=O)cc1. The van der Waals surface area contributed by atoms with Gasteiger partial charge in [0.2, 0.25) is 11.8 Å². The summed E-state index contributed by atoms with van der Waals surface area (Å²) in [5.41, 5.74) is 2.49. The van der Waals surface area contributed by atoms with Crippen LogP contribution in [0.1, 0.15) is 28.8 Å². The minimum atomic E-state index is -0.297. The first-order chi connectivity index (χ1) is 12.0. The number of imide groups is 1. The van der Waals surface area contributed by atoms with E-state index in [1.807, 2.05) is 19.1 Å². The molecule has 3 amide bonds. The number of rotatable bonds is 4. The molecule has 0 aliphatic carbocycles. The highest BCUT2D eigenvalue weighted by Crippen LogP contribution is 2.26. The zero-order valence-corrected chi connectivity index (χ0v) is 14.0. The van der Waals surface area contributed by atoms with Crippen molar-refractivity contribution in [3.8, 4) is 5.75 Å². The molecule has 1 saturated heterocycles. The van der Waals surface area contributed by atoms with Gasteiger partial charge < -0.3 is 10.1 Å². The highest BCUT2D eigenvalue weighted by molar-refractivity contribution is 6.20. The standard InChI is InChI=1S/C19H18N2O4/c1-12-3-8-16(25-2)15(11-12)20-19(24)13-4-6-14(7-5-13)21-17(22)9-10-18(21)23/h3-8,11H,9-10H2,1-2H3,(H,20,24). The molecule has 0 saturated carbocycles. The minimum Gasteiger partial charge on any atom is -0.495 e. The summed E-state index contributed by atoms with van der Waals surface area (Å²) < 4.78 is 5.25. The number of nitrogens with one attached hydrogen (secondary N) is 1. The van der Waals surface area contributed by atoms with Crippen LogP contribution in [-0.2, 0) is 9.59 Å². The molecule has 6 heteroatoms. The molecule has 3 rings (SSSR count). The van der Waals surface area contributed by atoms with Crippen LogP contribution in [0.4, 0.5) is 11.4 Å². The van der Waals surface area contributed by atoms with E-state index in [1.54, 1.807) is 37.4 Å². The first kappa shape index (κ1) is 16.7. The molecule has 0 bridgehead atoms. The number of methoxy groups -OCH3 is 1. The van der Waals surface area contributed by atoms with Crippen LogP contribution in [-0.4, -0.2) is 24.8 Å². The van der Waals surface area contributed by atoms with Gasteiger partial charge in [-0.3, -0.25) is 19.3 Å². The van der Waals surface area contributed by atoms with Crippen LogP contribution in [0.2, 0.25) is 0 Å². The normalized spacial score (nSPS) is 13.9. The van der Waals surface area contributed by atoms with Crippen molar-refractivity contribution in [3.05, 3.63) is 53.6 Å². The number of anilines is 2. The predicted octanol–water partition coefficient (Wildman–Crippen LogP) is 2.91. The summed E-state index contributed by atoms with van der Waals surface area (Å²) in [5.74, 6) is -0.156. The van der Waals surface area contributed by atoms with Crippen molar-refractivity contribution in [1.29, 1.82) is 0 Å². The fourth-order valence-electron chi connectivity index (χ4n) is 2.74. The molecule has 1 fully saturated rings. The van der Waals surface area contributed by atoms with Crippen molar-refractivity contribution in [2.24, 2.45) is 0 Å². The smallest absolute Gasteiger partial charge is 0.255 e. The van der Waals surface area contributed by atoms with Crippen molar-refractivity contribution >= 4 is 29.1 Å². The number of nitrogens with zero attached hydrogens (tertiary/aromatic N) is 1. The second-order valence-corrected chi connectivity index (χ2v) is 5.83. The lowest BCUT2D eigenvalue weighted by atomic mass is 10.1. The zero-order valence-electron chi connectivity index (χ0n) is 14.0. The van der Waals surface area contributed by atoms with Gasteiger partial charge in [0.1, 0.15) is 5.75 Å². The summed E-state index contributed by atoms with van der Waals surface area (Å²) in [6.45, 7) is 1.92. The fourth-order valence-corrected chi connectivity index (χ4v) is 2.74. The maximum absolute atomic E-state index is 12.4. The Morgan fingerprint density at radius 1 is 1.04 bits per heavy atom. The Balaban J connectivity index is 1.79. The Morgan fingerprint density at radius 3 is 2.28 bits per heavy atom. The highest BCUT2D eigenvalue weighted by Gasteiger charge is 2.30. The van der Waals surface area contributed by atoms with E-state index in [0.717, 1.165) is 10.5 Å². The Morgan fingerprint density at radius 2 is 1.68 bits per heavy atom. The number of carbonyl (C=O) groups excluding carboxylic acids is 3. The monoisotopic (exact) mass is 338 g/mol. The van der Waals surface area contributed by atoms with E-state index in [-0.39, 0.29) is 30.6 Å². The second-order valence-electron chi connectivity index (χ2n) is 5.83. The van der Waals surface area contributed by atoms with Crippen LogP contribution in [0.3, 0.4) is 0 Å². The molecule has 1 aliphatic rings. The largest absolute Gasteiger partial charge is 0.495 e. The van der Waals surface area contributed by atoms with Gasteiger partial charge in [0.25, 0.3) is 5.91 Å². The number of carbonyl (C=O) groups is 3. The number of amides is 3. The van der Waals surface area contributed by atoms with Crippen molar-refractivity contribution < 1.29 is 19.1 Å². The van der Waals surface area contributed by atoms with E-state index in [4.69, 9.17) is 4.74 Å². The Bertz CT molecular complexity index is 827. The molecule has 0 aromatic heterocycles. The lowest BCUT2D eigenvalue weighted by Gasteiger charge is -2.14. The quantitative estimate of drug-likeness (QED) is 0.870. The number of ether oxygens (including phenoxy) is 1. The van der Waals surface area contributed by atoms with E-state index < -0.39 is 0 Å². The number of hydrogen-bond acceptors (Lipinski definition) is 4. The summed E-state index contributed by atoms with van der Waals surface area (Å²) in [7, 11) is 1.54. The molecule has 1 aliphatic heterocycles. The first-order valence-corrected chi connectivity index (χ1v) is 7.91. The third-order valence-electron chi connectivity index (χ3n) is 4.04. The van der Waals surface area contributed by atoms with Gasteiger partial charge in [0.15, 0.2) is 0 Å². The summed E-state index contributed by atoms with van der Waals surface area (Å²) in [6, 6.07) is 11.9. The number of hydrogen-bond donors (Lipinski definition) is 1. The van der Waals surface area contributed by atoms with Crippen molar-refractivity contribution in [3.63, 3.8) is 0 Å². The lowest BCUT2D eigenvalue weighted by molar-refractivity contribution is -0.121. The summed E-state index contributed by atoms with van der Waals surface area (Å²) in [4.78, 5) is 37.1. The molecule has 1 N–H and O–H groups in total. The number of aryl methyl sites for hydroxylation is 1. The maximum Gasteiger partial charge on any atom is 0.255 e. The van der Waals surface area contributed by atoms with Gasteiger partial charge in [-0.2, -0.15) is 0 Å². The minimum absolute atomic E-state index is 0.216. The van der Waals surface area contributed by atoms with Gasteiger partial charge in [-0.15, -0.1) is 0 Å². The van der Waals surface area contributed by atoms with E-state index in [0.29, 0.717) is 22.7 Å². The molecular weight excluding hydrogens is 320 g/mol. The number of benzene rings is 2. The molecule has 0 unspecified atom stereocenters. The molecule has 25 heavy (non-hydrogen) atoms. The van der Waals surface area contributed by atoms with Gasteiger partial charge in [-0.25, -0.2) is 0 Å². The molecule has 0 atom stereocenters. The lowest BCUT2D eigenvalue weighted by Crippen LogP contribution is -2.28. The molecule has 0 radical (unpaired) electrons. The third-order valence-corrected chi connectivity index (χ3v) is 4.04. The molecule has 1 heterocycles. The molecular formula is C19H18N2O4. The van der Waals surface area contributed by atoms with Crippen LogP contribution in [0.15, 0.2) is 42.5 Å². The van der Waals surface area contributed by atoms with Crippen molar-refractivity contribution in [1.82, 2.24) is 0 Å². The second kappa shape index (κ2) is 6.76. The van der Waals surface area contributed by atoms with Gasteiger partial charge in [0.05, 0.1) is 18.5 Å². The van der Waals surface area contributed by atoms with Crippen molar-refractivity contribution in [2.75, 3.05) is 17.3 Å². The van der Waals surface area contributed by atoms with Crippen LogP contribution in [0.5, 0.6) is 5.75 Å². The maximum atomic E-state index is 12.4. The van der Waals surface area contributed by atoms with Crippen LogP contribution in [0, 0.1) is 6.92 Å². The van der Waals surface area contributed by atoms with E-state index in [9.17, 15) is 14.4 Å². The van der Waals surface area contributed by atoms with Crippen molar-refractivity contribution in [2.45, 2.75) is 19.8 Å². The third kappa shape index (κ3) is 3.38. The molecule has 0 spiro atoms. The Labute approximate surface area is 145 Å². The van der Waals surface area contributed by atoms with Crippen LogP contribution >= 0.6 is 0 Å². The Kier molecular flexibility index (Phi) is 4.52. The highest BCUT2D eigenvalue weighted by atomic mass is 16.5. The van der Waals surface area contributed by atoms with Gasteiger partial charge >= 0.3 is 0 Å². The first-order valence-electron chi connectivity index (χ1n) is 7.91. The molecule has 2 aromatic carbocycles. The zero-order chi connectivity index (χ0) is 18.0. The molecule has 2 aromatic rings. The fraction of sp³-hybridized carbons (Fsp3) is 0.211. The summed E-state index contributed by atoms with van der Waals surface area (Å²) >= 11 is 0. The average Bonchev–Trinajstić information content (AvgIpc) is 2.94. The van der Waals surface area contributed by atoms with Gasteiger partial charge in [0, 0.05) is 18.4 Å². The van der Waals surface area contributed by atoms with Gasteiger partial charge in [-0.1, -0.05) is 6.07 Å². The van der Waals surface area contributed by atoms with E-state index in [1.165, 1.54) is 0 Å². The molecule has 6 nitrogen and oxygen atoms in total. The van der Waals surface area contributed by atoms with E-state index >= 15 is 0 Å². The van der Waals surface area contributed by atoms with Crippen LogP contribution in [0.25, 0.3) is 0 Å². The summed E-state index contributed by atoms with van der Waals surface area (Å²) in [6.07, 6.45) is 0.461. The van der Waals surface area contributed by atoms with Crippen LogP contribution < -0.4 is 15.0 Å². The topological polar surface area (TPSA) is 75.7 Å². The summed E-state index contributed by atoms with van der Waals surface area (Å²) in [5, 5.41) is 2.81. The van der Waals surface area contributed by atoms with Gasteiger partial charge in [-0.05, 0) is 48.9 Å². The Hall–Kier alpha value is -3.15. The van der Waals surface area contributed by atoms with E-state index in [2.05, 4.69) is 5.32 Å². The average molecular weight is 338 g/mol.